The van der Waals surface area contributed by atoms with Crippen molar-refractivity contribution in [2.75, 3.05) is 10.6 Å². The van der Waals surface area contributed by atoms with Gasteiger partial charge in [0.1, 0.15) is 0 Å². The Morgan fingerprint density at radius 2 is 0.807 bits per heavy atom. The summed E-state index contributed by atoms with van der Waals surface area (Å²) in [5, 5.41) is 14.8. The zero-order valence-corrected chi connectivity index (χ0v) is 30.4. The van der Waals surface area contributed by atoms with Crippen molar-refractivity contribution in [3.63, 3.8) is 0 Å². The number of aromatic nitrogens is 3. The third kappa shape index (κ3) is 6.35. The number of nitrogens with zero attached hydrogens (tertiary/aromatic N) is 3. The lowest BCUT2D eigenvalue weighted by molar-refractivity contribution is 0.0993. The van der Waals surface area contributed by atoms with Crippen molar-refractivity contribution in [1.82, 2.24) is 15.0 Å². The summed E-state index contributed by atoms with van der Waals surface area (Å²) in [6.07, 6.45) is 5.37. The van der Waals surface area contributed by atoms with Crippen molar-refractivity contribution in [3.8, 4) is 0 Å². The average molecular weight is 738 g/mol. The van der Waals surface area contributed by atoms with Gasteiger partial charge in [0.25, 0.3) is 11.8 Å². The molecule has 0 aliphatic carbocycles. The molecule has 0 saturated heterocycles. The minimum Gasteiger partial charge on any atom is -0.322 e. The number of amides is 2. The number of anilines is 2. The van der Waals surface area contributed by atoms with Crippen molar-refractivity contribution in [2.24, 2.45) is 0 Å². The van der Waals surface area contributed by atoms with E-state index in [-0.39, 0.29) is 28.9 Å². The van der Waals surface area contributed by atoms with Crippen molar-refractivity contribution in [3.05, 3.63) is 186 Å². The number of carbonyl (C=O) groups excluding carboxylic acids is 3. The van der Waals surface area contributed by atoms with Crippen LogP contribution in [-0.2, 0) is 6.42 Å². The Labute approximate surface area is 325 Å². The molecule has 0 aliphatic heterocycles. The number of Topliss-reactive ketones (excluding diaryl/α,β-unsaturated/α-hetero) is 1. The maximum Gasteiger partial charge on any atom is 0.255 e. The van der Waals surface area contributed by atoms with E-state index in [1.807, 2.05) is 127 Å². The highest BCUT2D eigenvalue weighted by Gasteiger charge is 2.19. The summed E-state index contributed by atoms with van der Waals surface area (Å²) < 4.78 is 0. The van der Waals surface area contributed by atoms with E-state index in [2.05, 4.69) is 25.6 Å². The lowest BCUT2D eigenvalue weighted by atomic mass is 9.96. The first-order valence-electron chi connectivity index (χ1n) is 18.6. The second-order valence-corrected chi connectivity index (χ2v) is 14.2. The first-order valence-corrected chi connectivity index (χ1v) is 18.6. The third-order valence-electron chi connectivity index (χ3n) is 10.5. The average Bonchev–Trinajstić information content (AvgIpc) is 3.25. The summed E-state index contributed by atoms with van der Waals surface area (Å²) in [4.78, 5) is 55.6. The Hall–Kier alpha value is -7.84. The van der Waals surface area contributed by atoms with Gasteiger partial charge in [0, 0.05) is 85.4 Å². The van der Waals surface area contributed by atoms with Crippen LogP contribution in [0.1, 0.15) is 36.6 Å². The van der Waals surface area contributed by atoms with Crippen LogP contribution in [0.15, 0.2) is 164 Å². The largest absolute Gasteiger partial charge is 0.322 e. The minimum absolute atomic E-state index is 0.0711. The fourth-order valence-electron chi connectivity index (χ4n) is 7.68. The second kappa shape index (κ2) is 13.8. The molecule has 10 aromatic rings. The number of carbonyl (C=O) groups is 3. The summed E-state index contributed by atoms with van der Waals surface area (Å²) in [7, 11) is 0. The van der Waals surface area contributed by atoms with Crippen molar-refractivity contribution < 1.29 is 14.4 Å². The third-order valence-corrected chi connectivity index (χ3v) is 10.5. The van der Waals surface area contributed by atoms with E-state index in [4.69, 9.17) is 0 Å². The summed E-state index contributed by atoms with van der Waals surface area (Å²) in [5.74, 6) is -1.13. The number of nitrogens with one attached hydrogen (secondary N) is 2. The Kier molecular flexibility index (Phi) is 8.15. The molecule has 0 saturated carbocycles. The van der Waals surface area contributed by atoms with Crippen molar-refractivity contribution in [1.29, 1.82) is 0 Å². The number of fused-ring (bicyclic) bond motifs is 9. The molecular formula is C49H31N5O3. The van der Waals surface area contributed by atoms with Crippen LogP contribution in [0.4, 0.5) is 11.4 Å². The van der Waals surface area contributed by atoms with Gasteiger partial charge in [-0.3, -0.25) is 29.3 Å². The van der Waals surface area contributed by atoms with E-state index in [1.54, 1.807) is 30.7 Å². The topological polar surface area (TPSA) is 114 Å². The van der Waals surface area contributed by atoms with Crippen LogP contribution >= 0.6 is 0 Å². The predicted octanol–water partition coefficient (Wildman–Crippen LogP) is 10.7. The molecule has 2 amide bonds. The number of ketones is 1. The maximum absolute atomic E-state index is 14.0. The van der Waals surface area contributed by atoms with Gasteiger partial charge in [-0.25, -0.2) is 0 Å². The standard InChI is InChI=1S/C49H31N5O3/c55-44(23-29-7-16-41-33(22-29)11-8-30-4-1-19-50-45(30)41)36-24-37(48(56)53-39-14-17-42-34(27-39)12-9-31-5-2-20-51-46(31)42)26-38(25-36)49(57)54-40-15-18-43-35(28-40)13-10-32-6-3-21-52-47(32)43/h1-22,24-28H,23H2,(H,53,56)(H,54,57). The van der Waals surface area contributed by atoms with Gasteiger partial charge in [-0.05, 0) is 82.4 Å². The Bertz CT molecular complexity index is 2940. The molecule has 8 heteroatoms. The van der Waals surface area contributed by atoms with E-state index in [0.717, 1.165) is 70.6 Å². The Morgan fingerprint density at radius 3 is 1.28 bits per heavy atom. The molecule has 2 N–H and O–H groups in total. The van der Waals surface area contributed by atoms with E-state index >= 15 is 0 Å². The number of benzene rings is 7. The van der Waals surface area contributed by atoms with Gasteiger partial charge in [-0.1, -0.05) is 84.9 Å². The molecule has 10 rings (SSSR count). The molecule has 0 unspecified atom stereocenters. The van der Waals surface area contributed by atoms with Gasteiger partial charge < -0.3 is 10.6 Å². The highest BCUT2D eigenvalue weighted by atomic mass is 16.2. The quantitative estimate of drug-likeness (QED) is 0.124. The Morgan fingerprint density at radius 1 is 0.404 bits per heavy atom. The highest BCUT2D eigenvalue weighted by molar-refractivity contribution is 6.14. The normalized spacial score (nSPS) is 11.4. The molecule has 0 spiro atoms. The molecule has 270 valence electrons. The zero-order valence-electron chi connectivity index (χ0n) is 30.4. The summed E-state index contributed by atoms with van der Waals surface area (Å²) in [6.45, 7) is 0. The predicted molar refractivity (Wildman–Crippen MR) is 228 cm³/mol. The Balaban J connectivity index is 0.978. The molecule has 0 radical (unpaired) electrons. The fraction of sp³-hybridized carbons (Fsp3) is 0.0204. The van der Waals surface area contributed by atoms with Crippen LogP contribution in [-0.4, -0.2) is 32.5 Å². The molecule has 3 aromatic heterocycles. The molecule has 57 heavy (non-hydrogen) atoms. The maximum atomic E-state index is 14.0. The van der Waals surface area contributed by atoms with Crippen LogP contribution in [0.2, 0.25) is 0 Å². The lowest BCUT2D eigenvalue weighted by Crippen LogP contribution is -2.18. The number of pyridine rings is 3. The summed E-state index contributed by atoms with van der Waals surface area (Å²) >= 11 is 0. The van der Waals surface area contributed by atoms with Crippen LogP contribution < -0.4 is 10.6 Å². The van der Waals surface area contributed by atoms with E-state index < -0.39 is 11.8 Å². The first kappa shape index (κ1) is 33.7. The number of hydrogen-bond donors (Lipinski definition) is 2. The van der Waals surface area contributed by atoms with E-state index in [9.17, 15) is 14.4 Å². The zero-order chi connectivity index (χ0) is 38.5. The lowest BCUT2D eigenvalue weighted by Gasteiger charge is -2.12. The monoisotopic (exact) mass is 737 g/mol. The van der Waals surface area contributed by atoms with E-state index in [0.29, 0.717) is 11.4 Å². The van der Waals surface area contributed by atoms with Crippen molar-refractivity contribution in [2.45, 2.75) is 6.42 Å². The molecule has 0 atom stereocenters. The summed E-state index contributed by atoms with van der Waals surface area (Å²) in [6, 6.07) is 45.6. The second-order valence-electron chi connectivity index (χ2n) is 14.2. The minimum atomic E-state index is -0.452. The summed E-state index contributed by atoms with van der Waals surface area (Å²) in [5.41, 5.74) is 5.21. The molecule has 0 aliphatic rings. The van der Waals surface area contributed by atoms with Gasteiger partial charge in [-0.15, -0.1) is 0 Å². The SMILES string of the molecule is O=C(Cc1ccc2c(ccc3cccnc32)c1)c1cc(C(=O)Nc2ccc3c(ccc4cccnc43)c2)cc(C(=O)Nc2ccc3c(ccc4cccnc43)c2)c1. The molecule has 3 heterocycles. The fourth-order valence-corrected chi connectivity index (χ4v) is 7.68. The van der Waals surface area contributed by atoms with Gasteiger partial charge in [0.05, 0.1) is 16.6 Å². The van der Waals surface area contributed by atoms with Crippen LogP contribution in [0.5, 0.6) is 0 Å². The van der Waals surface area contributed by atoms with Gasteiger partial charge in [-0.2, -0.15) is 0 Å². The molecule has 7 aromatic carbocycles. The number of hydrogen-bond acceptors (Lipinski definition) is 6. The van der Waals surface area contributed by atoms with Gasteiger partial charge >= 0.3 is 0 Å². The number of rotatable bonds is 7. The molecule has 8 nitrogen and oxygen atoms in total. The first-order chi connectivity index (χ1) is 27.9. The highest BCUT2D eigenvalue weighted by Crippen LogP contribution is 2.29. The van der Waals surface area contributed by atoms with Crippen LogP contribution in [0.3, 0.4) is 0 Å². The smallest absolute Gasteiger partial charge is 0.255 e. The molecule has 0 bridgehead atoms. The molecule has 0 fully saturated rings. The van der Waals surface area contributed by atoms with Gasteiger partial charge in [0.15, 0.2) is 5.78 Å². The van der Waals surface area contributed by atoms with Crippen LogP contribution in [0, 0.1) is 0 Å². The van der Waals surface area contributed by atoms with Crippen LogP contribution in [0.25, 0.3) is 65.0 Å². The van der Waals surface area contributed by atoms with Crippen molar-refractivity contribution >= 4 is 94.0 Å². The van der Waals surface area contributed by atoms with E-state index in [1.165, 1.54) is 6.07 Å². The van der Waals surface area contributed by atoms with Gasteiger partial charge in [0.2, 0.25) is 0 Å². The molecular weight excluding hydrogens is 707 g/mol.